The molecule has 2 heterocycles. The Labute approximate surface area is 106 Å². The highest BCUT2D eigenvalue weighted by Gasteiger charge is 2.17. The van der Waals surface area contributed by atoms with E-state index in [1.807, 2.05) is 13.1 Å². The lowest BCUT2D eigenvalue weighted by atomic mass is 10.1. The molecule has 0 radical (unpaired) electrons. The van der Waals surface area contributed by atoms with E-state index >= 15 is 0 Å². The average molecular weight is 257 g/mol. The minimum Gasteiger partial charge on any atom is -0.476 e. The molecule has 17 heavy (non-hydrogen) atoms. The molecule has 0 bridgehead atoms. The van der Waals surface area contributed by atoms with Crippen LogP contribution in [0.4, 0.5) is 0 Å². The standard InChI is InChI=1S/C12H17ClN2O2/c1-14-5-10-4-11(13)12(15-6-10)17-8-9-2-3-16-7-9/h4,6,9,14H,2-3,5,7-8H2,1H3. The van der Waals surface area contributed by atoms with Crippen molar-refractivity contribution in [2.75, 3.05) is 26.9 Å². The Morgan fingerprint density at radius 2 is 2.53 bits per heavy atom. The monoisotopic (exact) mass is 256 g/mol. The topological polar surface area (TPSA) is 43.4 Å². The zero-order chi connectivity index (χ0) is 12.1. The molecule has 1 atom stereocenters. The summed E-state index contributed by atoms with van der Waals surface area (Å²) in [7, 11) is 1.89. The molecule has 1 fully saturated rings. The van der Waals surface area contributed by atoms with Gasteiger partial charge in [-0.2, -0.15) is 0 Å². The highest BCUT2D eigenvalue weighted by Crippen LogP contribution is 2.23. The van der Waals surface area contributed by atoms with E-state index in [1.165, 1.54) is 0 Å². The molecule has 0 aromatic carbocycles. The Kier molecular flexibility index (Phi) is 4.59. The summed E-state index contributed by atoms with van der Waals surface area (Å²) in [6, 6.07) is 1.88. The summed E-state index contributed by atoms with van der Waals surface area (Å²) in [4.78, 5) is 4.22. The molecule has 94 valence electrons. The number of pyridine rings is 1. The Morgan fingerprint density at radius 1 is 1.65 bits per heavy atom. The van der Waals surface area contributed by atoms with Crippen molar-refractivity contribution in [2.24, 2.45) is 5.92 Å². The fourth-order valence-electron chi connectivity index (χ4n) is 1.78. The van der Waals surface area contributed by atoms with Gasteiger partial charge in [-0.1, -0.05) is 11.6 Å². The van der Waals surface area contributed by atoms with E-state index in [9.17, 15) is 0 Å². The van der Waals surface area contributed by atoms with Crippen LogP contribution >= 0.6 is 11.6 Å². The van der Waals surface area contributed by atoms with E-state index in [0.717, 1.165) is 31.7 Å². The minimum atomic E-state index is 0.463. The van der Waals surface area contributed by atoms with Gasteiger partial charge in [-0.15, -0.1) is 0 Å². The van der Waals surface area contributed by atoms with Gasteiger partial charge in [0.05, 0.1) is 13.2 Å². The van der Waals surface area contributed by atoms with Gasteiger partial charge in [-0.25, -0.2) is 4.98 Å². The number of hydrogen-bond acceptors (Lipinski definition) is 4. The third kappa shape index (κ3) is 3.56. The normalized spacial score (nSPS) is 19.5. The summed E-state index contributed by atoms with van der Waals surface area (Å²) >= 11 is 6.10. The number of ether oxygens (including phenoxy) is 2. The molecular formula is C12H17ClN2O2. The van der Waals surface area contributed by atoms with Gasteiger partial charge >= 0.3 is 0 Å². The van der Waals surface area contributed by atoms with E-state index < -0.39 is 0 Å². The van der Waals surface area contributed by atoms with E-state index in [2.05, 4.69) is 10.3 Å². The van der Waals surface area contributed by atoms with Crippen molar-refractivity contribution in [3.63, 3.8) is 0 Å². The Balaban J connectivity index is 1.91. The average Bonchev–Trinajstić information content (AvgIpc) is 2.81. The number of nitrogens with one attached hydrogen (secondary N) is 1. The van der Waals surface area contributed by atoms with E-state index in [1.54, 1.807) is 6.20 Å². The molecule has 4 nitrogen and oxygen atoms in total. The highest BCUT2D eigenvalue weighted by atomic mass is 35.5. The number of rotatable bonds is 5. The van der Waals surface area contributed by atoms with Gasteiger partial charge in [-0.05, 0) is 25.1 Å². The molecule has 1 saturated heterocycles. The molecule has 5 heteroatoms. The fraction of sp³-hybridized carbons (Fsp3) is 0.583. The molecule has 2 rings (SSSR count). The van der Waals surface area contributed by atoms with Crippen molar-refractivity contribution in [3.05, 3.63) is 22.8 Å². The smallest absolute Gasteiger partial charge is 0.232 e. The van der Waals surface area contributed by atoms with Crippen LogP contribution in [0.1, 0.15) is 12.0 Å². The number of aromatic nitrogens is 1. The summed E-state index contributed by atoms with van der Waals surface area (Å²) in [6.45, 7) is 2.98. The van der Waals surface area contributed by atoms with Gasteiger partial charge in [-0.3, -0.25) is 0 Å². The minimum absolute atomic E-state index is 0.463. The second-order valence-corrected chi connectivity index (χ2v) is 4.61. The lowest BCUT2D eigenvalue weighted by molar-refractivity contribution is 0.165. The Morgan fingerprint density at radius 3 is 3.18 bits per heavy atom. The largest absolute Gasteiger partial charge is 0.476 e. The van der Waals surface area contributed by atoms with Gasteiger partial charge in [0, 0.05) is 25.3 Å². The number of halogens is 1. The van der Waals surface area contributed by atoms with Crippen molar-refractivity contribution in [1.29, 1.82) is 0 Å². The quantitative estimate of drug-likeness (QED) is 0.874. The predicted molar refractivity (Wildman–Crippen MR) is 66.4 cm³/mol. The molecule has 1 aromatic heterocycles. The molecule has 0 aliphatic carbocycles. The molecule has 1 unspecified atom stereocenters. The maximum absolute atomic E-state index is 6.10. The van der Waals surface area contributed by atoms with Gasteiger partial charge in [0.1, 0.15) is 5.02 Å². The predicted octanol–water partition coefficient (Wildman–Crippen LogP) is 1.87. The fourth-order valence-corrected chi connectivity index (χ4v) is 2.03. The third-order valence-corrected chi connectivity index (χ3v) is 3.00. The van der Waals surface area contributed by atoms with E-state index in [0.29, 0.717) is 23.4 Å². The third-order valence-electron chi connectivity index (χ3n) is 2.72. The van der Waals surface area contributed by atoms with Crippen LogP contribution in [0, 0.1) is 5.92 Å². The van der Waals surface area contributed by atoms with Gasteiger partial charge in [0.2, 0.25) is 5.88 Å². The van der Waals surface area contributed by atoms with Crippen LogP contribution in [-0.2, 0) is 11.3 Å². The Hall–Kier alpha value is -0.840. The molecular weight excluding hydrogens is 240 g/mol. The Bertz CT molecular complexity index is 368. The number of hydrogen-bond donors (Lipinski definition) is 1. The van der Waals surface area contributed by atoms with Crippen molar-refractivity contribution >= 4 is 11.6 Å². The van der Waals surface area contributed by atoms with Crippen LogP contribution < -0.4 is 10.1 Å². The first-order valence-corrected chi connectivity index (χ1v) is 6.17. The molecule has 1 aromatic rings. The maximum Gasteiger partial charge on any atom is 0.232 e. The van der Waals surface area contributed by atoms with E-state index in [4.69, 9.17) is 21.1 Å². The molecule has 1 aliphatic heterocycles. The lowest BCUT2D eigenvalue weighted by Crippen LogP contribution is -2.13. The summed E-state index contributed by atoms with van der Waals surface area (Å²) in [6.07, 6.45) is 2.83. The van der Waals surface area contributed by atoms with E-state index in [-0.39, 0.29) is 0 Å². The lowest BCUT2D eigenvalue weighted by Gasteiger charge is -2.11. The zero-order valence-corrected chi connectivity index (χ0v) is 10.7. The van der Waals surface area contributed by atoms with Crippen LogP contribution in [0.3, 0.4) is 0 Å². The van der Waals surface area contributed by atoms with Crippen molar-refractivity contribution in [2.45, 2.75) is 13.0 Å². The summed E-state index contributed by atoms with van der Waals surface area (Å²) in [5.74, 6) is 0.975. The van der Waals surface area contributed by atoms with Crippen molar-refractivity contribution in [3.8, 4) is 5.88 Å². The van der Waals surface area contributed by atoms with Crippen molar-refractivity contribution < 1.29 is 9.47 Å². The first kappa shape index (κ1) is 12.6. The van der Waals surface area contributed by atoms with Crippen LogP contribution in [0.25, 0.3) is 0 Å². The number of nitrogens with zero attached hydrogens (tertiary/aromatic N) is 1. The molecule has 0 saturated carbocycles. The van der Waals surface area contributed by atoms with Crippen LogP contribution in [0.5, 0.6) is 5.88 Å². The van der Waals surface area contributed by atoms with Gasteiger partial charge in [0.15, 0.2) is 0 Å². The molecule has 1 aliphatic rings. The SMILES string of the molecule is CNCc1cnc(OCC2CCOC2)c(Cl)c1. The van der Waals surface area contributed by atoms with Gasteiger partial charge < -0.3 is 14.8 Å². The molecule has 1 N–H and O–H groups in total. The van der Waals surface area contributed by atoms with Crippen molar-refractivity contribution in [1.82, 2.24) is 10.3 Å². The van der Waals surface area contributed by atoms with Crippen LogP contribution in [0.15, 0.2) is 12.3 Å². The summed E-state index contributed by atoms with van der Waals surface area (Å²) < 4.78 is 10.9. The summed E-state index contributed by atoms with van der Waals surface area (Å²) in [5.41, 5.74) is 1.05. The molecule has 0 spiro atoms. The van der Waals surface area contributed by atoms with Crippen LogP contribution in [0.2, 0.25) is 5.02 Å². The second kappa shape index (κ2) is 6.19. The van der Waals surface area contributed by atoms with Crippen LogP contribution in [-0.4, -0.2) is 31.9 Å². The molecule has 0 amide bonds. The first-order valence-electron chi connectivity index (χ1n) is 5.79. The second-order valence-electron chi connectivity index (χ2n) is 4.20. The maximum atomic E-state index is 6.10. The highest BCUT2D eigenvalue weighted by molar-refractivity contribution is 6.31. The first-order chi connectivity index (χ1) is 8.29. The summed E-state index contributed by atoms with van der Waals surface area (Å²) in [5, 5.41) is 3.62. The zero-order valence-electron chi connectivity index (χ0n) is 9.91. The van der Waals surface area contributed by atoms with Gasteiger partial charge in [0.25, 0.3) is 0 Å².